The Morgan fingerprint density at radius 1 is 1.38 bits per heavy atom. The van der Waals surface area contributed by atoms with Crippen molar-refractivity contribution in [3.8, 4) is 11.4 Å². The molecule has 1 aromatic carbocycles. The van der Waals surface area contributed by atoms with Crippen LogP contribution in [0.15, 0.2) is 28.8 Å². The Labute approximate surface area is 119 Å². The SMILES string of the molecule is O=[N+]([O-])c1cccc(-c2noc(C3(O)CCNCC3)n2)c1. The van der Waals surface area contributed by atoms with Crippen molar-refractivity contribution in [2.24, 2.45) is 0 Å². The second kappa shape index (κ2) is 5.23. The predicted molar refractivity (Wildman–Crippen MR) is 72.4 cm³/mol. The highest BCUT2D eigenvalue weighted by Gasteiger charge is 2.37. The van der Waals surface area contributed by atoms with Gasteiger partial charge in [-0.1, -0.05) is 17.3 Å². The summed E-state index contributed by atoms with van der Waals surface area (Å²) >= 11 is 0. The molecule has 1 aromatic heterocycles. The summed E-state index contributed by atoms with van der Waals surface area (Å²) in [5.41, 5.74) is -0.687. The second-order valence-electron chi connectivity index (χ2n) is 5.01. The summed E-state index contributed by atoms with van der Waals surface area (Å²) in [6, 6.07) is 5.99. The van der Waals surface area contributed by atoms with Crippen molar-refractivity contribution in [3.05, 3.63) is 40.3 Å². The molecule has 0 atom stereocenters. The fourth-order valence-electron chi connectivity index (χ4n) is 2.34. The molecule has 0 amide bonds. The molecule has 2 N–H and O–H groups in total. The minimum atomic E-state index is -1.13. The highest BCUT2D eigenvalue weighted by Crippen LogP contribution is 2.31. The lowest BCUT2D eigenvalue weighted by Gasteiger charge is -2.28. The molecule has 0 unspecified atom stereocenters. The van der Waals surface area contributed by atoms with E-state index < -0.39 is 10.5 Å². The topological polar surface area (TPSA) is 114 Å². The van der Waals surface area contributed by atoms with Crippen LogP contribution in [0.1, 0.15) is 18.7 Å². The van der Waals surface area contributed by atoms with Crippen molar-refractivity contribution in [1.29, 1.82) is 0 Å². The van der Waals surface area contributed by atoms with Crippen LogP contribution in [0, 0.1) is 10.1 Å². The van der Waals surface area contributed by atoms with Gasteiger partial charge in [0.1, 0.15) is 5.60 Å². The van der Waals surface area contributed by atoms with E-state index in [-0.39, 0.29) is 17.4 Å². The van der Waals surface area contributed by atoms with Crippen LogP contribution in [0.25, 0.3) is 11.4 Å². The van der Waals surface area contributed by atoms with Crippen molar-refractivity contribution in [1.82, 2.24) is 15.5 Å². The molecule has 2 heterocycles. The third kappa shape index (κ3) is 2.63. The van der Waals surface area contributed by atoms with E-state index in [1.165, 1.54) is 12.1 Å². The van der Waals surface area contributed by atoms with Crippen LogP contribution in [0.2, 0.25) is 0 Å². The lowest BCUT2D eigenvalue weighted by atomic mass is 9.92. The quantitative estimate of drug-likeness (QED) is 0.645. The van der Waals surface area contributed by atoms with Gasteiger partial charge in [0.15, 0.2) is 0 Å². The molecule has 0 aliphatic carbocycles. The van der Waals surface area contributed by atoms with Gasteiger partial charge in [-0.3, -0.25) is 10.1 Å². The van der Waals surface area contributed by atoms with E-state index in [0.29, 0.717) is 31.5 Å². The monoisotopic (exact) mass is 290 g/mol. The van der Waals surface area contributed by atoms with E-state index in [2.05, 4.69) is 15.5 Å². The van der Waals surface area contributed by atoms with Crippen molar-refractivity contribution in [2.45, 2.75) is 18.4 Å². The number of benzene rings is 1. The normalized spacial score (nSPS) is 17.6. The number of piperidine rings is 1. The van der Waals surface area contributed by atoms with E-state index in [0.717, 1.165) is 0 Å². The second-order valence-corrected chi connectivity index (χ2v) is 5.01. The molecular weight excluding hydrogens is 276 g/mol. The summed E-state index contributed by atoms with van der Waals surface area (Å²) in [5.74, 6) is 0.395. The predicted octanol–water partition coefficient (Wildman–Crippen LogP) is 1.22. The molecule has 1 aliphatic rings. The van der Waals surface area contributed by atoms with Crippen LogP contribution in [-0.4, -0.2) is 33.3 Å². The van der Waals surface area contributed by atoms with E-state index in [9.17, 15) is 15.2 Å². The number of rotatable bonds is 3. The van der Waals surface area contributed by atoms with Crippen molar-refractivity contribution in [3.63, 3.8) is 0 Å². The van der Waals surface area contributed by atoms with Gasteiger partial charge >= 0.3 is 0 Å². The zero-order valence-corrected chi connectivity index (χ0v) is 11.2. The number of hydrogen-bond acceptors (Lipinski definition) is 7. The molecular formula is C13H14N4O4. The molecule has 3 rings (SSSR count). The van der Waals surface area contributed by atoms with Crippen LogP contribution < -0.4 is 5.32 Å². The van der Waals surface area contributed by atoms with Gasteiger partial charge in [-0.15, -0.1) is 0 Å². The number of non-ortho nitro benzene ring substituents is 1. The van der Waals surface area contributed by atoms with Crippen molar-refractivity contribution in [2.75, 3.05) is 13.1 Å². The van der Waals surface area contributed by atoms with E-state index in [1.54, 1.807) is 12.1 Å². The molecule has 1 saturated heterocycles. The van der Waals surface area contributed by atoms with Gasteiger partial charge in [0.25, 0.3) is 11.6 Å². The number of nitro groups is 1. The smallest absolute Gasteiger partial charge is 0.270 e. The van der Waals surface area contributed by atoms with Gasteiger partial charge < -0.3 is 14.9 Å². The first-order chi connectivity index (χ1) is 10.1. The minimum Gasteiger partial charge on any atom is -0.380 e. The summed E-state index contributed by atoms with van der Waals surface area (Å²) in [7, 11) is 0. The zero-order valence-electron chi connectivity index (χ0n) is 11.2. The summed E-state index contributed by atoms with van der Waals surface area (Å²) in [6.07, 6.45) is 0.979. The van der Waals surface area contributed by atoms with Crippen LogP contribution in [-0.2, 0) is 5.60 Å². The molecule has 110 valence electrons. The fourth-order valence-corrected chi connectivity index (χ4v) is 2.34. The first-order valence-electron chi connectivity index (χ1n) is 6.61. The minimum absolute atomic E-state index is 0.0422. The molecule has 1 aliphatic heterocycles. The maximum absolute atomic E-state index is 10.8. The number of hydrogen-bond donors (Lipinski definition) is 2. The first-order valence-corrected chi connectivity index (χ1v) is 6.61. The lowest BCUT2D eigenvalue weighted by Crippen LogP contribution is -2.39. The molecule has 8 nitrogen and oxygen atoms in total. The lowest BCUT2D eigenvalue weighted by molar-refractivity contribution is -0.384. The number of aromatic nitrogens is 2. The van der Waals surface area contributed by atoms with E-state index in [1.807, 2.05) is 0 Å². The van der Waals surface area contributed by atoms with Crippen molar-refractivity contribution < 1.29 is 14.6 Å². The standard InChI is InChI=1S/C13H14N4O4/c18-13(4-6-14-7-5-13)12-15-11(16-21-12)9-2-1-3-10(8-9)17(19)20/h1-3,8,14,18H,4-7H2. The fraction of sp³-hybridized carbons (Fsp3) is 0.385. The number of nitro benzene ring substituents is 1. The molecule has 0 spiro atoms. The third-order valence-electron chi connectivity index (χ3n) is 3.57. The summed E-state index contributed by atoms with van der Waals surface area (Å²) < 4.78 is 5.15. The van der Waals surface area contributed by atoms with Crippen LogP contribution in [0.5, 0.6) is 0 Å². The van der Waals surface area contributed by atoms with Gasteiger partial charge in [-0.2, -0.15) is 4.98 Å². The maximum Gasteiger partial charge on any atom is 0.270 e. The van der Waals surface area contributed by atoms with Gasteiger partial charge in [0.05, 0.1) is 4.92 Å². The Hall–Kier alpha value is -2.32. The zero-order chi connectivity index (χ0) is 14.9. The molecule has 8 heteroatoms. The largest absolute Gasteiger partial charge is 0.380 e. The average Bonchev–Trinajstić information content (AvgIpc) is 2.99. The number of aliphatic hydroxyl groups is 1. The molecule has 2 aromatic rings. The van der Waals surface area contributed by atoms with Crippen molar-refractivity contribution >= 4 is 5.69 Å². The van der Waals surface area contributed by atoms with E-state index >= 15 is 0 Å². The van der Waals surface area contributed by atoms with Crippen LogP contribution in [0.4, 0.5) is 5.69 Å². The first kappa shape index (κ1) is 13.7. The maximum atomic E-state index is 10.8. The van der Waals surface area contributed by atoms with Gasteiger partial charge in [-0.25, -0.2) is 0 Å². The average molecular weight is 290 g/mol. The number of nitrogens with one attached hydrogen (secondary N) is 1. The summed E-state index contributed by atoms with van der Waals surface area (Å²) in [6.45, 7) is 1.34. The third-order valence-corrected chi connectivity index (χ3v) is 3.57. The highest BCUT2D eigenvalue weighted by atomic mass is 16.6. The molecule has 0 bridgehead atoms. The molecule has 0 radical (unpaired) electrons. The summed E-state index contributed by atoms with van der Waals surface area (Å²) in [4.78, 5) is 14.5. The Balaban J connectivity index is 1.91. The Bertz CT molecular complexity index is 664. The van der Waals surface area contributed by atoms with Crippen LogP contribution in [0.3, 0.4) is 0 Å². The van der Waals surface area contributed by atoms with Crippen LogP contribution >= 0.6 is 0 Å². The molecule has 21 heavy (non-hydrogen) atoms. The Kier molecular flexibility index (Phi) is 3.40. The Morgan fingerprint density at radius 2 is 2.14 bits per heavy atom. The highest BCUT2D eigenvalue weighted by molar-refractivity contribution is 5.58. The van der Waals surface area contributed by atoms with Gasteiger partial charge in [0.2, 0.25) is 5.82 Å². The number of nitrogens with zero attached hydrogens (tertiary/aromatic N) is 3. The molecule has 0 saturated carbocycles. The molecule has 1 fully saturated rings. The van der Waals surface area contributed by atoms with E-state index in [4.69, 9.17) is 4.52 Å². The Morgan fingerprint density at radius 3 is 2.86 bits per heavy atom. The summed E-state index contributed by atoms with van der Waals surface area (Å²) in [5, 5.41) is 28.2. The van der Waals surface area contributed by atoms with Gasteiger partial charge in [-0.05, 0) is 25.9 Å². The van der Waals surface area contributed by atoms with Gasteiger partial charge in [0, 0.05) is 17.7 Å².